The summed E-state index contributed by atoms with van der Waals surface area (Å²) in [5.41, 5.74) is 2.14. The molecule has 1 aromatic carbocycles. The summed E-state index contributed by atoms with van der Waals surface area (Å²) in [4.78, 5) is 10.1. The fraction of sp³-hybridized carbons (Fsp3) is 0.286. The van der Waals surface area contributed by atoms with Gasteiger partial charge < -0.3 is 10.2 Å². The van der Waals surface area contributed by atoms with Gasteiger partial charge in [0.05, 0.1) is 24.1 Å². The molecule has 1 atom stereocenters. The third kappa shape index (κ3) is 3.91. The van der Waals surface area contributed by atoms with Gasteiger partial charge in [0.1, 0.15) is 6.33 Å². The second-order valence-electron chi connectivity index (χ2n) is 4.54. The third-order valence-electron chi connectivity index (χ3n) is 2.94. The van der Waals surface area contributed by atoms with E-state index in [2.05, 4.69) is 46.4 Å². The van der Waals surface area contributed by atoms with Gasteiger partial charge in [-0.25, -0.2) is 9.97 Å². The van der Waals surface area contributed by atoms with E-state index in [1.165, 1.54) is 11.9 Å². The Balaban J connectivity index is 2.06. The lowest BCUT2D eigenvalue weighted by Crippen LogP contribution is -2.26. The summed E-state index contributed by atoms with van der Waals surface area (Å²) in [5.74, 6) is 0. The number of aromatic nitrogens is 2. The van der Waals surface area contributed by atoms with Gasteiger partial charge in [0.25, 0.3) is 0 Å². The van der Waals surface area contributed by atoms with E-state index in [1.807, 2.05) is 12.1 Å². The lowest BCUT2D eigenvalue weighted by Gasteiger charge is -2.25. The van der Waals surface area contributed by atoms with Crippen molar-refractivity contribution >= 4 is 17.3 Å². The maximum Gasteiger partial charge on any atom is 0.115 e. The van der Waals surface area contributed by atoms with E-state index in [0.29, 0.717) is 0 Å². The van der Waals surface area contributed by atoms with Crippen LogP contribution in [0.4, 0.5) is 5.69 Å². The van der Waals surface area contributed by atoms with Gasteiger partial charge in [0.2, 0.25) is 0 Å². The summed E-state index contributed by atoms with van der Waals surface area (Å²) in [6.07, 6.45) is 5.05. The minimum absolute atomic E-state index is 0.262. The Bertz CT molecular complexity index is 499. The van der Waals surface area contributed by atoms with Crippen LogP contribution in [0.1, 0.15) is 11.6 Å². The van der Waals surface area contributed by atoms with Gasteiger partial charge >= 0.3 is 0 Å². The van der Waals surface area contributed by atoms with E-state index in [0.717, 1.165) is 17.3 Å². The monoisotopic (exact) mass is 276 g/mol. The average Bonchev–Trinajstić information content (AvgIpc) is 2.42. The van der Waals surface area contributed by atoms with E-state index in [9.17, 15) is 0 Å². The summed E-state index contributed by atoms with van der Waals surface area (Å²) in [5, 5.41) is 4.09. The highest BCUT2D eigenvalue weighted by atomic mass is 35.5. The molecule has 2 rings (SSSR count). The molecule has 0 spiro atoms. The van der Waals surface area contributed by atoms with Crippen molar-refractivity contribution in [2.45, 2.75) is 6.04 Å². The number of likely N-dealkylation sites (N-methyl/N-ethyl adjacent to an activating group) is 1. The molecule has 1 aromatic heterocycles. The van der Waals surface area contributed by atoms with Gasteiger partial charge in [-0.3, -0.25) is 0 Å². The molecule has 100 valence electrons. The molecule has 0 aliphatic carbocycles. The number of anilines is 1. The molecule has 0 aliphatic heterocycles. The second-order valence-corrected chi connectivity index (χ2v) is 4.98. The minimum atomic E-state index is 0.262. The summed E-state index contributed by atoms with van der Waals surface area (Å²) < 4.78 is 0. The molecular formula is C14H17ClN4. The summed E-state index contributed by atoms with van der Waals surface area (Å²) >= 11 is 5.92. The van der Waals surface area contributed by atoms with Crippen LogP contribution in [0.15, 0.2) is 43.0 Å². The zero-order valence-electron chi connectivity index (χ0n) is 11.0. The van der Waals surface area contributed by atoms with Crippen molar-refractivity contribution in [3.05, 3.63) is 53.6 Å². The van der Waals surface area contributed by atoms with Crippen LogP contribution in [-0.4, -0.2) is 35.5 Å². The molecule has 19 heavy (non-hydrogen) atoms. The van der Waals surface area contributed by atoms with Gasteiger partial charge in [-0.2, -0.15) is 0 Å². The number of benzene rings is 1. The average molecular weight is 277 g/mol. The largest absolute Gasteiger partial charge is 0.381 e. The SMILES string of the molecule is CN(C)C(CNc1cncnc1)c1ccc(Cl)cc1. The zero-order chi connectivity index (χ0) is 13.7. The van der Waals surface area contributed by atoms with Crippen LogP contribution >= 0.6 is 11.6 Å². The van der Waals surface area contributed by atoms with Crippen LogP contribution in [0.3, 0.4) is 0 Å². The quantitative estimate of drug-likeness (QED) is 0.912. The van der Waals surface area contributed by atoms with Crippen LogP contribution in [0.25, 0.3) is 0 Å². The van der Waals surface area contributed by atoms with E-state index in [4.69, 9.17) is 11.6 Å². The number of hydrogen-bond donors (Lipinski definition) is 1. The molecule has 0 radical (unpaired) electrons. The maximum atomic E-state index is 5.92. The first-order valence-corrected chi connectivity index (χ1v) is 6.45. The van der Waals surface area contributed by atoms with Crippen molar-refractivity contribution in [2.24, 2.45) is 0 Å². The normalized spacial score (nSPS) is 12.4. The summed E-state index contributed by atoms with van der Waals surface area (Å²) in [6.45, 7) is 0.780. The van der Waals surface area contributed by atoms with Crippen molar-refractivity contribution in [3.8, 4) is 0 Å². The Morgan fingerprint density at radius 3 is 2.37 bits per heavy atom. The first-order valence-electron chi connectivity index (χ1n) is 6.07. The lowest BCUT2D eigenvalue weighted by molar-refractivity contribution is 0.312. The highest BCUT2D eigenvalue weighted by molar-refractivity contribution is 6.30. The second kappa shape index (κ2) is 6.50. The highest BCUT2D eigenvalue weighted by Crippen LogP contribution is 2.21. The molecule has 1 N–H and O–H groups in total. The van der Waals surface area contributed by atoms with Crippen molar-refractivity contribution in [3.63, 3.8) is 0 Å². The summed E-state index contributed by atoms with van der Waals surface area (Å²) in [7, 11) is 4.12. The predicted octanol–water partition coefficient (Wildman–Crippen LogP) is 2.84. The fourth-order valence-corrected chi connectivity index (χ4v) is 2.01. The predicted molar refractivity (Wildman–Crippen MR) is 78.4 cm³/mol. The number of hydrogen-bond acceptors (Lipinski definition) is 4. The van der Waals surface area contributed by atoms with Crippen molar-refractivity contribution < 1.29 is 0 Å². The maximum absolute atomic E-state index is 5.92. The van der Waals surface area contributed by atoms with E-state index in [1.54, 1.807) is 12.4 Å². The molecule has 5 heteroatoms. The Morgan fingerprint density at radius 2 is 1.79 bits per heavy atom. The molecule has 0 aliphatic rings. The van der Waals surface area contributed by atoms with Crippen LogP contribution < -0.4 is 5.32 Å². The topological polar surface area (TPSA) is 41.0 Å². The minimum Gasteiger partial charge on any atom is -0.381 e. The molecule has 0 saturated carbocycles. The Labute approximate surface area is 118 Å². The lowest BCUT2D eigenvalue weighted by atomic mass is 10.1. The number of halogens is 1. The van der Waals surface area contributed by atoms with Gasteiger partial charge in [-0.05, 0) is 31.8 Å². The van der Waals surface area contributed by atoms with Gasteiger partial charge in [0.15, 0.2) is 0 Å². The smallest absolute Gasteiger partial charge is 0.115 e. The van der Waals surface area contributed by atoms with Crippen LogP contribution in [0.5, 0.6) is 0 Å². The molecular weight excluding hydrogens is 260 g/mol. The van der Waals surface area contributed by atoms with Crippen molar-refractivity contribution in [1.82, 2.24) is 14.9 Å². The van der Waals surface area contributed by atoms with Gasteiger partial charge in [-0.1, -0.05) is 23.7 Å². The van der Waals surface area contributed by atoms with Crippen molar-refractivity contribution in [1.29, 1.82) is 0 Å². The number of nitrogens with zero attached hydrogens (tertiary/aromatic N) is 3. The first kappa shape index (κ1) is 13.8. The molecule has 1 heterocycles. The molecule has 1 unspecified atom stereocenters. The van der Waals surface area contributed by atoms with Crippen LogP contribution in [0, 0.1) is 0 Å². The van der Waals surface area contributed by atoms with Gasteiger partial charge in [0, 0.05) is 11.6 Å². The van der Waals surface area contributed by atoms with E-state index >= 15 is 0 Å². The molecule has 0 bridgehead atoms. The Kier molecular flexibility index (Phi) is 4.71. The third-order valence-corrected chi connectivity index (χ3v) is 3.19. The summed E-state index contributed by atoms with van der Waals surface area (Å²) in [6, 6.07) is 8.20. The van der Waals surface area contributed by atoms with Crippen LogP contribution in [-0.2, 0) is 0 Å². The molecule has 4 nitrogen and oxygen atoms in total. The van der Waals surface area contributed by atoms with Crippen molar-refractivity contribution in [2.75, 3.05) is 26.0 Å². The van der Waals surface area contributed by atoms with E-state index in [-0.39, 0.29) is 6.04 Å². The molecule has 0 fully saturated rings. The van der Waals surface area contributed by atoms with Gasteiger partial charge in [-0.15, -0.1) is 0 Å². The number of rotatable bonds is 5. The standard InChI is InChI=1S/C14H17ClN4/c1-19(2)14(11-3-5-12(15)6-4-11)9-18-13-7-16-10-17-8-13/h3-8,10,14,18H,9H2,1-2H3. The fourth-order valence-electron chi connectivity index (χ4n) is 1.89. The van der Waals surface area contributed by atoms with Crippen LogP contribution in [0.2, 0.25) is 5.02 Å². The Hall–Kier alpha value is -1.65. The first-order chi connectivity index (χ1) is 9.16. The Morgan fingerprint density at radius 1 is 1.16 bits per heavy atom. The zero-order valence-corrected chi connectivity index (χ0v) is 11.8. The molecule has 0 saturated heterocycles. The molecule has 0 amide bonds. The highest BCUT2D eigenvalue weighted by Gasteiger charge is 2.13. The molecule has 2 aromatic rings. The van der Waals surface area contributed by atoms with E-state index < -0.39 is 0 Å². The number of nitrogens with one attached hydrogen (secondary N) is 1.